The lowest BCUT2D eigenvalue weighted by Crippen LogP contribution is -2.27. The summed E-state index contributed by atoms with van der Waals surface area (Å²) in [5.74, 6) is -0.835. The van der Waals surface area contributed by atoms with E-state index in [9.17, 15) is 18.3 Å². The number of benzene rings is 2. The lowest BCUT2D eigenvalue weighted by molar-refractivity contribution is -0.138. The van der Waals surface area contributed by atoms with E-state index < -0.39 is 17.5 Å². The molecule has 0 aliphatic carbocycles. The zero-order chi connectivity index (χ0) is 18.7. The molecule has 1 heterocycles. The monoisotopic (exact) mass is 359 g/mol. The molecule has 0 unspecified atom stereocenters. The van der Waals surface area contributed by atoms with E-state index in [1.165, 1.54) is 18.7 Å². The average Bonchev–Trinajstić information content (AvgIpc) is 3.13. The molecule has 0 saturated carbocycles. The van der Waals surface area contributed by atoms with Gasteiger partial charge in [0.15, 0.2) is 0 Å². The molecule has 6 nitrogen and oxygen atoms in total. The van der Waals surface area contributed by atoms with Gasteiger partial charge in [-0.05, 0) is 42.0 Å². The highest BCUT2D eigenvalue weighted by atomic mass is 19.4. The minimum Gasteiger partial charge on any atom is -0.507 e. The van der Waals surface area contributed by atoms with E-state index in [2.05, 4.69) is 10.2 Å². The molecule has 0 aliphatic heterocycles. The summed E-state index contributed by atoms with van der Waals surface area (Å²) in [6.07, 6.45) is -1.76. The number of phenolic OH excluding ortho intramolecular Hbond substituents is 1. The molecular formula is C17H12F3N5O. The Morgan fingerprint density at radius 2 is 1.73 bits per heavy atom. The van der Waals surface area contributed by atoms with Crippen molar-refractivity contribution in [2.45, 2.75) is 12.7 Å². The highest BCUT2D eigenvalue weighted by molar-refractivity contribution is 5.50. The first kappa shape index (κ1) is 17.3. The number of phenols is 1. The van der Waals surface area contributed by atoms with Gasteiger partial charge >= 0.3 is 6.18 Å². The molecule has 0 radical (unpaired) electrons. The summed E-state index contributed by atoms with van der Waals surface area (Å²) in [4.78, 5) is 0. The van der Waals surface area contributed by atoms with E-state index in [1.54, 1.807) is 34.0 Å². The number of nitrogens with zero attached hydrogens (tertiary/aromatic N) is 5. The molecule has 1 N–H and O–H groups in total. The van der Waals surface area contributed by atoms with Crippen LogP contribution in [0.1, 0.15) is 16.7 Å². The molecule has 26 heavy (non-hydrogen) atoms. The van der Waals surface area contributed by atoms with Gasteiger partial charge in [-0.15, -0.1) is 10.2 Å². The van der Waals surface area contributed by atoms with Gasteiger partial charge in [-0.3, -0.25) is 5.01 Å². The highest BCUT2D eigenvalue weighted by Crippen LogP contribution is 2.36. The van der Waals surface area contributed by atoms with Gasteiger partial charge in [0, 0.05) is 0 Å². The molecule has 2 aromatic carbocycles. The Balaban J connectivity index is 1.94. The van der Waals surface area contributed by atoms with Gasteiger partial charge in [0.2, 0.25) is 0 Å². The van der Waals surface area contributed by atoms with Gasteiger partial charge in [-0.2, -0.15) is 18.4 Å². The third kappa shape index (κ3) is 3.59. The zero-order valence-electron chi connectivity index (χ0n) is 13.2. The quantitative estimate of drug-likeness (QED) is 0.773. The summed E-state index contributed by atoms with van der Waals surface area (Å²) in [7, 11) is 0. The van der Waals surface area contributed by atoms with Gasteiger partial charge in [-0.1, -0.05) is 6.07 Å². The van der Waals surface area contributed by atoms with Crippen LogP contribution in [-0.2, 0) is 12.7 Å². The second-order valence-electron chi connectivity index (χ2n) is 5.41. The van der Waals surface area contributed by atoms with Crippen molar-refractivity contribution in [1.29, 1.82) is 5.26 Å². The second kappa shape index (κ2) is 6.76. The molecule has 0 saturated heterocycles. The zero-order valence-corrected chi connectivity index (χ0v) is 13.2. The fourth-order valence-corrected chi connectivity index (χ4v) is 2.42. The van der Waals surface area contributed by atoms with E-state index in [1.807, 2.05) is 6.07 Å². The Kier molecular flexibility index (Phi) is 4.49. The number of hydrogen-bond donors (Lipinski definition) is 1. The van der Waals surface area contributed by atoms with Crippen LogP contribution in [0.4, 0.5) is 18.9 Å². The number of aromatic nitrogens is 3. The molecule has 9 heteroatoms. The van der Waals surface area contributed by atoms with E-state index >= 15 is 0 Å². The van der Waals surface area contributed by atoms with Crippen molar-refractivity contribution in [3.8, 4) is 11.8 Å². The molecule has 0 amide bonds. The van der Waals surface area contributed by atoms with Gasteiger partial charge in [0.05, 0.1) is 29.4 Å². The molecule has 0 bridgehead atoms. The van der Waals surface area contributed by atoms with Gasteiger partial charge < -0.3 is 5.11 Å². The first-order chi connectivity index (χ1) is 12.4. The van der Waals surface area contributed by atoms with Crippen LogP contribution in [-0.4, -0.2) is 20.0 Å². The number of aromatic hydroxyl groups is 1. The molecule has 132 valence electrons. The van der Waals surface area contributed by atoms with Crippen LogP contribution in [0.3, 0.4) is 0 Å². The Hall–Kier alpha value is -3.54. The fraction of sp³-hybridized carbons (Fsp3) is 0.118. The Labute approximate surface area is 146 Å². The van der Waals surface area contributed by atoms with E-state index in [-0.39, 0.29) is 6.54 Å². The number of alkyl halides is 3. The smallest absolute Gasteiger partial charge is 0.419 e. The normalized spacial score (nSPS) is 11.2. The molecule has 3 aromatic rings. The number of hydrogen-bond acceptors (Lipinski definition) is 5. The first-order valence-corrected chi connectivity index (χ1v) is 7.40. The van der Waals surface area contributed by atoms with Crippen molar-refractivity contribution < 1.29 is 18.3 Å². The Morgan fingerprint density at radius 1 is 1.08 bits per heavy atom. The molecule has 0 fully saturated rings. The maximum atomic E-state index is 12.8. The standard InChI is InChI=1S/C17H12F3N5O/c18-17(19,20)15-6-3-13(7-16(15)26)9-25(24-10-22-23-11-24)14-4-1-12(8-21)2-5-14/h1-7,10-11,26H,9H2. The maximum Gasteiger partial charge on any atom is 0.419 e. The minimum atomic E-state index is -4.62. The maximum absolute atomic E-state index is 12.8. The van der Waals surface area contributed by atoms with E-state index in [0.717, 1.165) is 12.1 Å². The number of rotatable bonds is 4. The molecule has 0 atom stereocenters. The van der Waals surface area contributed by atoms with Crippen LogP contribution in [0.15, 0.2) is 55.1 Å². The van der Waals surface area contributed by atoms with Crippen LogP contribution in [0, 0.1) is 11.3 Å². The highest BCUT2D eigenvalue weighted by Gasteiger charge is 2.33. The summed E-state index contributed by atoms with van der Waals surface area (Å²) >= 11 is 0. The Morgan fingerprint density at radius 3 is 2.27 bits per heavy atom. The summed E-state index contributed by atoms with van der Waals surface area (Å²) in [6.45, 7) is 0.148. The largest absolute Gasteiger partial charge is 0.507 e. The summed E-state index contributed by atoms with van der Waals surface area (Å²) < 4.78 is 39.9. The summed E-state index contributed by atoms with van der Waals surface area (Å²) in [5.41, 5.74) is 0.511. The summed E-state index contributed by atoms with van der Waals surface area (Å²) in [6, 6.07) is 11.9. The minimum absolute atomic E-state index is 0.148. The van der Waals surface area contributed by atoms with Crippen molar-refractivity contribution in [1.82, 2.24) is 14.9 Å². The topological polar surface area (TPSA) is 78.0 Å². The fourth-order valence-electron chi connectivity index (χ4n) is 2.42. The SMILES string of the molecule is N#Cc1ccc(N(Cc2ccc(C(F)(F)F)c(O)c2)n2cnnc2)cc1. The predicted molar refractivity (Wildman–Crippen MR) is 85.9 cm³/mol. The van der Waals surface area contributed by atoms with Crippen LogP contribution < -0.4 is 5.01 Å². The van der Waals surface area contributed by atoms with Gasteiger partial charge in [-0.25, -0.2) is 4.68 Å². The van der Waals surface area contributed by atoms with Crippen LogP contribution in [0.25, 0.3) is 0 Å². The molecule has 0 aliphatic rings. The average molecular weight is 359 g/mol. The van der Waals surface area contributed by atoms with Crippen LogP contribution in [0.5, 0.6) is 5.75 Å². The van der Waals surface area contributed by atoms with Crippen molar-refractivity contribution in [2.75, 3.05) is 5.01 Å². The molecule has 3 rings (SSSR count). The number of anilines is 1. The molecular weight excluding hydrogens is 347 g/mol. The van der Waals surface area contributed by atoms with Crippen LogP contribution >= 0.6 is 0 Å². The molecule has 0 spiro atoms. The summed E-state index contributed by atoms with van der Waals surface area (Å²) in [5, 5.41) is 27.7. The van der Waals surface area contributed by atoms with E-state index in [4.69, 9.17) is 5.26 Å². The Bertz CT molecular complexity index is 931. The third-order valence-electron chi connectivity index (χ3n) is 3.68. The van der Waals surface area contributed by atoms with Crippen LogP contribution in [0.2, 0.25) is 0 Å². The van der Waals surface area contributed by atoms with Gasteiger partial charge in [0.25, 0.3) is 0 Å². The second-order valence-corrected chi connectivity index (χ2v) is 5.41. The van der Waals surface area contributed by atoms with Crippen molar-refractivity contribution in [3.05, 3.63) is 71.8 Å². The first-order valence-electron chi connectivity index (χ1n) is 7.40. The third-order valence-corrected chi connectivity index (χ3v) is 3.68. The van der Waals surface area contributed by atoms with E-state index in [0.29, 0.717) is 16.8 Å². The molecule has 1 aromatic heterocycles. The van der Waals surface area contributed by atoms with Crippen molar-refractivity contribution >= 4 is 5.69 Å². The predicted octanol–water partition coefficient (Wildman–Crippen LogP) is 3.34. The lowest BCUT2D eigenvalue weighted by atomic mass is 10.1. The van der Waals surface area contributed by atoms with Crippen molar-refractivity contribution in [3.63, 3.8) is 0 Å². The van der Waals surface area contributed by atoms with Crippen molar-refractivity contribution in [2.24, 2.45) is 0 Å². The van der Waals surface area contributed by atoms with Gasteiger partial charge in [0.1, 0.15) is 18.4 Å². The number of nitriles is 1. The number of halogens is 3. The lowest BCUT2D eigenvalue weighted by Gasteiger charge is -2.25.